The van der Waals surface area contributed by atoms with Crippen LogP contribution < -0.4 is 5.32 Å². The molecule has 0 aliphatic carbocycles. The van der Waals surface area contributed by atoms with E-state index in [0.717, 1.165) is 30.0 Å². The molecule has 16 heavy (non-hydrogen) atoms. The monoisotopic (exact) mass is 237 g/mol. The number of nitrogens with one attached hydrogen (secondary N) is 1. The van der Waals surface area contributed by atoms with Crippen LogP contribution in [0.2, 0.25) is 5.02 Å². The summed E-state index contributed by atoms with van der Waals surface area (Å²) in [6, 6.07) is 8.10. The highest BCUT2D eigenvalue weighted by Crippen LogP contribution is 2.31. The van der Waals surface area contributed by atoms with Crippen LogP contribution in [-0.4, -0.2) is 13.7 Å². The van der Waals surface area contributed by atoms with Crippen LogP contribution >= 0.6 is 11.6 Å². The first-order valence-corrected chi connectivity index (χ1v) is 5.93. The normalized spacial score (nSPS) is 17.5. The van der Waals surface area contributed by atoms with Gasteiger partial charge in [0.05, 0.1) is 18.9 Å². The maximum absolute atomic E-state index is 6.21. The summed E-state index contributed by atoms with van der Waals surface area (Å²) in [7, 11) is 1.95. The molecule has 1 aliphatic heterocycles. The van der Waals surface area contributed by atoms with E-state index in [-0.39, 0.29) is 6.04 Å². The van der Waals surface area contributed by atoms with Crippen LogP contribution in [0.1, 0.15) is 24.4 Å². The smallest absolute Gasteiger partial charge is 0.0876 e. The number of hydrogen-bond acceptors (Lipinski definition) is 2. The third-order valence-electron chi connectivity index (χ3n) is 2.84. The second-order valence-electron chi connectivity index (χ2n) is 3.91. The Labute approximate surface area is 101 Å². The largest absolute Gasteiger partial charge is 0.501 e. The second-order valence-corrected chi connectivity index (χ2v) is 4.32. The van der Waals surface area contributed by atoms with Gasteiger partial charge in [0.15, 0.2) is 0 Å². The molecule has 0 bridgehead atoms. The molecule has 0 amide bonds. The lowest BCUT2D eigenvalue weighted by Gasteiger charge is -2.23. The third kappa shape index (κ3) is 2.39. The summed E-state index contributed by atoms with van der Waals surface area (Å²) in [6.07, 6.45) is 4.01. The number of halogens is 1. The highest BCUT2D eigenvalue weighted by molar-refractivity contribution is 6.31. The van der Waals surface area contributed by atoms with Crippen molar-refractivity contribution in [2.45, 2.75) is 18.9 Å². The summed E-state index contributed by atoms with van der Waals surface area (Å²) in [5.41, 5.74) is 2.38. The Balaban J connectivity index is 2.28. The Hall–Kier alpha value is -0.990. The molecule has 1 aromatic carbocycles. The number of rotatable bonds is 3. The van der Waals surface area contributed by atoms with Crippen LogP contribution in [0.15, 0.2) is 36.1 Å². The van der Waals surface area contributed by atoms with Crippen LogP contribution in [0.5, 0.6) is 0 Å². The molecule has 0 saturated heterocycles. The fraction of sp³-hybridized carbons (Fsp3) is 0.385. The first-order valence-electron chi connectivity index (χ1n) is 5.55. The average molecular weight is 238 g/mol. The van der Waals surface area contributed by atoms with E-state index in [1.165, 1.54) is 5.57 Å². The van der Waals surface area contributed by atoms with Gasteiger partial charge in [-0.2, -0.15) is 0 Å². The van der Waals surface area contributed by atoms with Gasteiger partial charge in [-0.1, -0.05) is 29.8 Å². The van der Waals surface area contributed by atoms with E-state index in [2.05, 4.69) is 11.4 Å². The van der Waals surface area contributed by atoms with E-state index < -0.39 is 0 Å². The molecule has 1 heterocycles. The molecule has 86 valence electrons. The molecule has 1 N–H and O–H groups in total. The zero-order valence-corrected chi connectivity index (χ0v) is 10.1. The Kier molecular flexibility index (Phi) is 3.86. The number of likely N-dealkylation sites (N-methyl/N-ethyl adjacent to an activating group) is 1. The maximum Gasteiger partial charge on any atom is 0.0876 e. The summed E-state index contributed by atoms with van der Waals surface area (Å²) in [6.45, 7) is 0.822. The van der Waals surface area contributed by atoms with E-state index >= 15 is 0 Å². The van der Waals surface area contributed by atoms with Crippen molar-refractivity contribution >= 4 is 11.6 Å². The van der Waals surface area contributed by atoms with Gasteiger partial charge in [0, 0.05) is 5.02 Å². The number of benzene rings is 1. The Morgan fingerprint density at radius 2 is 2.19 bits per heavy atom. The molecule has 1 aliphatic rings. The van der Waals surface area contributed by atoms with Gasteiger partial charge in [-0.15, -0.1) is 0 Å². The van der Waals surface area contributed by atoms with E-state index in [1.54, 1.807) is 0 Å². The first kappa shape index (κ1) is 11.5. The molecule has 0 fully saturated rings. The standard InChI is InChI=1S/C13H16ClNO/c1-15-13(10-5-4-8-16-9-10)11-6-2-3-7-12(11)14/h2-3,6-7,9,13,15H,4-5,8H2,1H3. The fourth-order valence-corrected chi connectivity index (χ4v) is 2.29. The fourth-order valence-electron chi connectivity index (χ4n) is 2.05. The molecule has 0 aromatic heterocycles. The van der Waals surface area contributed by atoms with E-state index in [1.807, 2.05) is 31.5 Å². The number of hydrogen-bond donors (Lipinski definition) is 1. The lowest BCUT2D eigenvalue weighted by atomic mass is 9.95. The maximum atomic E-state index is 6.21. The van der Waals surface area contributed by atoms with Crippen molar-refractivity contribution in [1.29, 1.82) is 0 Å². The molecule has 1 aromatic rings. The van der Waals surface area contributed by atoms with Crippen molar-refractivity contribution in [2.24, 2.45) is 0 Å². The van der Waals surface area contributed by atoms with Gasteiger partial charge in [0.25, 0.3) is 0 Å². The SMILES string of the molecule is CNC(C1=COCCC1)c1ccccc1Cl. The van der Waals surface area contributed by atoms with Crippen LogP contribution in [0, 0.1) is 0 Å². The molecule has 0 radical (unpaired) electrons. The quantitative estimate of drug-likeness (QED) is 0.871. The third-order valence-corrected chi connectivity index (χ3v) is 3.18. The summed E-state index contributed by atoms with van der Waals surface area (Å²) in [5.74, 6) is 0. The topological polar surface area (TPSA) is 21.3 Å². The van der Waals surface area contributed by atoms with Gasteiger partial charge in [-0.05, 0) is 37.1 Å². The molecular weight excluding hydrogens is 222 g/mol. The van der Waals surface area contributed by atoms with Gasteiger partial charge < -0.3 is 10.1 Å². The minimum Gasteiger partial charge on any atom is -0.501 e. The summed E-state index contributed by atoms with van der Waals surface area (Å²) in [4.78, 5) is 0. The van der Waals surface area contributed by atoms with Crippen molar-refractivity contribution in [2.75, 3.05) is 13.7 Å². The highest BCUT2D eigenvalue weighted by Gasteiger charge is 2.19. The van der Waals surface area contributed by atoms with Crippen molar-refractivity contribution < 1.29 is 4.74 Å². The lowest BCUT2D eigenvalue weighted by Crippen LogP contribution is -2.21. The second kappa shape index (κ2) is 5.37. The summed E-state index contributed by atoms with van der Waals surface area (Å²) in [5, 5.41) is 4.10. The number of ether oxygens (including phenoxy) is 1. The average Bonchev–Trinajstić information content (AvgIpc) is 2.34. The van der Waals surface area contributed by atoms with E-state index in [9.17, 15) is 0 Å². The zero-order chi connectivity index (χ0) is 11.4. The zero-order valence-electron chi connectivity index (χ0n) is 9.37. The van der Waals surface area contributed by atoms with Crippen molar-refractivity contribution in [3.8, 4) is 0 Å². The van der Waals surface area contributed by atoms with Crippen LogP contribution in [-0.2, 0) is 4.74 Å². The highest BCUT2D eigenvalue weighted by atomic mass is 35.5. The molecule has 0 spiro atoms. The summed E-state index contributed by atoms with van der Waals surface area (Å²) < 4.78 is 5.38. The minimum absolute atomic E-state index is 0.161. The lowest BCUT2D eigenvalue weighted by molar-refractivity contribution is 0.220. The van der Waals surface area contributed by atoms with Crippen LogP contribution in [0.25, 0.3) is 0 Å². The Morgan fingerprint density at radius 1 is 1.38 bits per heavy atom. The van der Waals surface area contributed by atoms with Crippen molar-refractivity contribution in [3.63, 3.8) is 0 Å². The van der Waals surface area contributed by atoms with Crippen molar-refractivity contribution in [3.05, 3.63) is 46.7 Å². The molecule has 0 saturated carbocycles. The Morgan fingerprint density at radius 3 is 2.81 bits per heavy atom. The molecular formula is C13H16ClNO. The van der Waals surface area contributed by atoms with Gasteiger partial charge in [0.1, 0.15) is 0 Å². The van der Waals surface area contributed by atoms with Crippen molar-refractivity contribution in [1.82, 2.24) is 5.32 Å². The predicted molar refractivity (Wildman–Crippen MR) is 66.5 cm³/mol. The first-order chi connectivity index (χ1) is 7.83. The minimum atomic E-state index is 0.161. The molecule has 2 rings (SSSR count). The van der Waals surface area contributed by atoms with E-state index in [4.69, 9.17) is 16.3 Å². The Bertz CT molecular complexity index is 389. The van der Waals surface area contributed by atoms with Gasteiger partial charge in [-0.25, -0.2) is 0 Å². The van der Waals surface area contributed by atoms with Gasteiger partial charge in [-0.3, -0.25) is 0 Å². The van der Waals surface area contributed by atoms with E-state index in [0.29, 0.717) is 0 Å². The predicted octanol–water partition coefficient (Wildman–Crippen LogP) is 3.29. The molecule has 1 unspecified atom stereocenters. The van der Waals surface area contributed by atoms with Crippen LogP contribution in [0.3, 0.4) is 0 Å². The molecule has 1 atom stereocenters. The van der Waals surface area contributed by atoms with Crippen LogP contribution in [0.4, 0.5) is 0 Å². The summed E-state index contributed by atoms with van der Waals surface area (Å²) >= 11 is 6.21. The molecule has 2 nitrogen and oxygen atoms in total. The molecule has 3 heteroatoms. The van der Waals surface area contributed by atoms with Gasteiger partial charge in [0.2, 0.25) is 0 Å². The van der Waals surface area contributed by atoms with Gasteiger partial charge >= 0.3 is 0 Å².